The first-order valence-corrected chi connectivity index (χ1v) is 11.1. The Kier molecular flexibility index (Phi) is 5.09. The molecule has 0 spiro atoms. The van der Waals surface area contributed by atoms with Crippen LogP contribution in [0.5, 0.6) is 0 Å². The number of fused-ring (bicyclic) bond motifs is 3. The van der Waals surface area contributed by atoms with Crippen molar-refractivity contribution in [1.29, 1.82) is 5.26 Å². The van der Waals surface area contributed by atoms with Gasteiger partial charge in [0.2, 0.25) is 0 Å². The zero-order valence-corrected chi connectivity index (χ0v) is 18.5. The number of aromatic nitrogens is 1. The molecule has 5 rings (SSSR count). The van der Waals surface area contributed by atoms with Gasteiger partial charge in [-0.2, -0.15) is 5.26 Å². The van der Waals surface area contributed by atoms with E-state index in [9.17, 15) is 4.79 Å². The molecule has 1 aliphatic heterocycles. The molecule has 1 aromatic heterocycles. The van der Waals surface area contributed by atoms with E-state index in [1.165, 1.54) is 22.2 Å². The lowest BCUT2D eigenvalue weighted by atomic mass is 10.0. The molecule has 4 aromatic rings. The molecule has 0 saturated heterocycles. The lowest BCUT2D eigenvalue weighted by Gasteiger charge is -2.29. The highest BCUT2D eigenvalue weighted by atomic mass is 79.9. The molecule has 0 atom stereocenters. The molecule has 0 unspecified atom stereocenters. The first-order chi connectivity index (χ1) is 15.1. The van der Waals surface area contributed by atoms with Gasteiger partial charge in [-0.3, -0.25) is 4.79 Å². The molecule has 0 radical (unpaired) electrons. The first kappa shape index (κ1) is 19.6. The van der Waals surface area contributed by atoms with Gasteiger partial charge in [0.1, 0.15) is 0 Å². The number of rotatable bonds is 3. The van der Waals surface area contributed by atoms with Crippen molar-refractivity contribution in [2.75, 3.05) is 6.54 Å². The van der Waals surface area contributed by atoms with E-state index in [1.807, 2.05) is 53.4 Å². The summed E-state index contributed by atoms with van der Waals surface area (Å²) in [6.45, 7) is 2.02. The van der Waals surface area contributed by atoms with Crippen LogP contribution in [0.3, 0.4) is 0 Å². The predicted octanol–water partition coefficient (Wildman–Crippen LogP) is 5.52. The zero-order chi connectivity index (χ0) is 21.4. The summed E-state index contributed by atoms with van der Waals surface area (Å²) in [5.41, 5.74) is 6.23. The largest absolute Gasteiger partial charge is 0.338 e. The normalized spacial score (nSPS) is 13.1. The summed E-state index contributed by atoms with van der Waals surface area (Å²) < 4.78 is 3.29. The third-order valence-corrected chi connectivity index (χ3v) is 6.50. The minimum Gasteiger partial charge on any atom is -0.338 e. The maximum absolute atomic E-state index is 13.1. The maximum Gasteiger partial charge on any atom is 0.254 e. The van der Waals surface area contributed by atoms with Crippen LogP contribution in [-0.2, 0) is 19.5 Å². The zero-order valence-electron chi connectivity index (χ0n) is 16.9. The number of carbonyl (C=O) groups is 1. The van der Waals surface area contributed by atoms with Crippen LogP contribution in [0.1, 0.15) is 32.7 Å². The van der Waals surface area contributed by atoms with Crippen LogP contribution in [0.15, 0.2) is 77.3 Å². The van der Waals surface area contributed by atoms with Gasteiger partial charge in [0.25, 0.3) is 5.91 Å². The molecule has 5 heteroatoms. The molecule has 3 aromatic carbocycles. The Labute approximate surface area is 189 Å². The summed E-state index contributed by atoms with van der Waals surface area (Å²) >= 11 is 3.44. The van der Waals surface area contributed by atoms with Gasteiger partial charge in [-0.15, -0.1) is 0 Å². The lowest BCUT2D eigenvalue weighted by molar-refractivity contribution is 0.0731. The Hall–Kier alpha value is -3.36. The van der Waals surface area contributed by atoms with Crippen molar-refractivity contribution >= 4 is 32.7 Å². The number of nitriles is 1. The third kappa shape index (κ3) is 3.64. The lowest BCUT2D eigenvalue weighted by Crippen LogP contribution is -2.36. The number of carbonyl (C=O) groups excluding carboxylic acids is 1. The Morgan fingerprint density at radius 3 is 2.48 bits per heavy atom. The molecule has 1 amide bonds. The summed E-state index contributed by atoms with van der Waals surface area (Å²) in [7, 11) is 0. The maximum atomic E-state index is 13.1. The van der Waals surface area contributed by atoms with E-state index in [0.717, 1.165) is 16.5 Å². The number of hydrogen-bond donors (Lipinski definition) is 0. The summed E-state index contributed by atoms with van der Waals surface area (Å²) in [6.07, 6.45) is 0.846. The minimum absolute atomic E-state index is 0.0633. The van der Waals surface area contributed by atoms with Crippen molar-refractivity contribution in [1.82, 2.24) is 9.47 Å². The average Bonchev–Trinajstić information content (AvgIpc) is 3.12. The van der Waals surface area contributed by atoms with Crippen molar-refractivity contribution in [2.45, 2.75) is 19.5 Å². The number of amides is 1. The number of hydrogen-bond acceptors (Lipinski definition) is 2. The summed E-state index contributed by atoms with van der Waals surface area (Å²) in [5.74, 6) is 0.0633. The van der Waals surface area contributed by atoms with Crippen LogP contribution in [-0.4, -0.2) is 21.9 Å². The summed E-state index contributed by atoms with van der Waals surface area (Å²) in [5, 5.41) is 10.3. The fourth-order valence-corrected chi connectivity index (χ4v) is 4.65. The molecular formula is C26H20BrN3O. The van der Waals surface area contributed by atoms with Crippen LogP contribution >= 0.6 is 15.9 Å². The van der Waals surface area contributed by atoms with E-state index in [4.69, 9.17) is 5.26 Å². The van der Waals surface area contributed by atoms with Gasteiger partial charge < -0.3 is 9.47 Å². The number of benzene rings is 3. The molecule has 0 fully saturated rings. The van der Waals surface area contributed by atoms with E-state index in [0.29, 0.717) is 30.8 Å². The molecule has 0 saturated carbocycles. The van der Waals surface area contributed by atoms with Gasteiger partial charge in [-0.1, -0.05) is 46.3 Å². The van der Waals surface area contributed by atoms with Crippen molar-refractivity contribution < 1.29 is 4.79 Å². The SMILES string of the molecule is N#Cc1ccc(Cn2c3c(c4ccccc42)CCN(C(=O)c2ccc(Br)cc2)C3)cc1. The summed E-state index contributed by atoms with van der Waals surface area (Å²) in [4.78, 5) is 15.1. The molecule has 31 heavy (non-hydrogen) atoms. The Morgan fingerprint density at radius 1 is 1.00 bits per heavy atom. The van der Waals surface area contributed by atoms with E-state index in [1.54, 1.807) is 0 Å². The summed E-state index contributed by atoms with van der Waals surface area (Å²) in [6, 6.07) is 25.9. The highest BCUT2D eigenvalue weighted by Gasteiger charge is 2.27. The van der Waals surface area contributed by atoms with Gasteiger partial charge >= 0.3 is 0 Å². The van der Waals surface area contributed by atoms with E-state index < -0.39 is 0 Å². The van der Waals surface area contributed by atoms with Crippen molar-refractivity contribution in [3.63, 3.8) is 0 Å². The average molecular weight is 470 g/mol. The highest BCUT2D eigenvalue weighted by molar-refractivity contribution is 9.10. The Morgan fingerprint density at radius 2 is 1.74 bits per heavy atom. The number of halogens is 1. The van der Waals surface area contributed by atoms with Crippen LogP contribution in [0.2, 0.25) is 0 Å². The highest BCUT2D eigenvalue weighted by Crippen LogP contribution is 2.32. The van der Waals surface area contributed by atoms with Crippen LogP contribution in [0.4, 0.5) is 0 Å². The fourth-order valence-electron chi connectivity index (χ4n) is 4.39. The van der Waals surface area contributed by atoms with Gasteiger partial charge in [0.15, 0.2) is 0 Å². The molecule has 0 bridgehead atoms. The molecule has 152 valence electrons. The quantitative estimate of drug-likeness (QED) is 0.396. The molecule has 4 nitrogen and oxygen atoms in total. The molecular weight excluding hydrogens is 450 g/mol. The second-order valence-electron chi connectivity index (χ2n) is 7.82. The van der Waals surface area contributed by atoms with Crippen molar-refractivity contribution in [2.24, 2.45) is 0 Å². The number of para-hydroxylation sites is 1. The topological polar surface area (TPSA) is 49.0 Å². The van der Waals surface area contributed by atoms with Crippen LogP contribution < -0.4 is 0 Å². The Balaban J connectivity index is 1.52. The van der Waals surface area contributed by atoms with Crippen molar-refractivity contribution in [3.8, 4) is 6.07 Å². The fraction of sp³-hybridized carbons (Fsp3) is 0.154. The Bertz CT molecular complexity index is 1310. The molecule has 0 aliphatic carbocycles. The second-order valence-corrected chi connectivity index (χ2v) is 8.74. The minimum atomic E-state index is 0.0633. The monoisotopic (exact) mass is 469 g/mol. The number of nitrogens with zero attached hydrogens (tertiary/aromatic N) is 3. The first-order valence-electron chi connectivity index (χ1n) is 10.3. The molecule has 2 heterocycles. The van der Waals surface area contributed by atoms with Gasteiger partial charge in [-0.05, 0) is 60.0 Å². The van der Waals surface area contributed by atoms with Crippen molar-refractivity contribution in [3.05, 3.63) is 105 Å². The van der Waals surface area contributed by atoms with E-state index >= 15 is 0 Å². The molecule has 0 N–H and O–H groups in total. The van der Waals surface area contributed by atoms with Crippen LogP contribution in [0, 0.1) is 11.3 Å². The smallest absolute Gasteiger partial charge is 0.254 e. The van der Waals surface area contributed by atoms with Gasteiger partial charge in [0.05, 0.1) is 18.2 Å². The molecule has 1 aliphatic rings. The van der Waals surface area contributed by atoms with Gasteiger partial charge in [0, 0.05) is 39.7 Å². The second kappa shape index (κ2) is 8.05. The van der Waals surface area contributed by atoms with Crippen LogP contribution in [0.25, 0.3) is 10.9 Å². The standard InChI is InChI=1S/C26H20BrN3O/c27-21-11-9-20(10-12-21)26(31)29-14-13-23-22-3-1-2-4-24(22)30(25(23)17-29)16-19-7-5-18(15-28)6-8-19/h1-12H,13-14,16-17H2. The third-order valence-electron chi connectivity index (χ3n) is 5.97. The van der Waals surface area contributed by atoms with E-state index in [-0.39, 0.29) is 5.91 Å². The van der Waals surface area contributed by atoms with Gasteiger partial charge in [-0.25, -0.2) is 0 Å². The predicted molar refractivity (Wildman–Crippen MR) is 125 cm³/mol. The van der Waals surface area contributed by atoms with E-state index in [2.05, 4.69) is 50.8 Å².